The van der Waals surface area contributed by atoms with Gasteiger partial charge in [0.15, 0.2) is 12.4 Å². The second-order valence-corrected chi connectivity index (χ2v) is 16.4. The molecule has 0 unspecified atom stereocenters. The predicted molar refractivity (Wildman–Crippen MR) is 228 cm³/mol. The van der Waals surface area contributed by atoms with Gasteiger partial charge in [0.1, 0.15) is 23.4 Å². The van der Waals surface area contributed by atoms with Gasteiger partial charge >= 0.3 is 11.8 Å². The number of phenols is 2. The summed E-state index contributed by atoms with van der Waals surface area (Å²) in [5, 5.41) is 51.7. The number of aromatic hydroxyl groups is 2. The van der Waals surface area contributed by atoms with Crippen molar-refractivity contribution in [3.8, 4) is 23.0 Å². The number of aliphatic hydroxyl groups excluding tert-OH is 2. The number of anilines is 1. The SMILES string of the molecule is CCCCN(C(=O)COc1cc2c(O)c3c(O)c(C)c4c(c13)C(=O)[C@@](C)(O/C=C/[C@H](OC)[C@H](C)[C@@H](OC(C)=O)[C@@H](C)[C@H](O)[C@H](C)[C@@H](O)[C@@H](C)/C=C/C=C(/C)C(=O)N2)O4)N(C)C. The zero-order valence-electron chi connectivity index (χ0n) is 37.3. The molecule has 5 N–H and O–H groups in total. The fraction of sp³-hybridized carbons (Fsp3) is 0.556. The molecule has 3 aliphatic rings. The summed E-state index contributed by atoms with van der Waals surface area (Å²) in [5.74, 6) is -8.13. The number of esters is 1. The number of benzene rings is 2. The average Bonchev–Trinajstić information content (AvgIpc) is 3.47. The topological polar surface area (TPSA) is 214 Å². The van der Waals surface area contributed by atoms with Crippen LogP contribution in [0.3, 0.4) is 0 Å². The molecule has 336 valence electrons. The number of nitrogens with zero attached hydrogens (tertiary/aromatic N) is 2. The zero-order chi connectivity index (χ0) is 45.7. The highest BCUT2D eigenvalue weighted by atomic mass is 16.7. The molecular weight excluding hydrogens is 791 g/mol. The fourth-order valence-corrected chi connectivity index (χ4v) is 7.82. The van der Waals surface area contributed by atoms with Crippen molar-refractivity contribution in [1.82, 2.24) is 10.0 Å². The standard InChI is InChI=1S/C45H63N3O13/c1-13-14-19-48(47(10)11)33(50)22-58-32-21-30-40(54)35-34(32)36-42(28(7)39(35)53)61-45(9,43(36)55)59-20-18-31(57-12)25(4)41(60-29(8)49)27(6)38(52)26(5)37(51)23(2)16-15-17-24(3)44(56)46-30/h15-18,20-21,23,25-27,31,37-38,41,51-54H,13-14,19,22H2,1-12H3,(H,46,56)/b16-15+,20-18+,24-17-/t23-,25-,26+,27-,31-,37-,38+,41+,45-/m0/s1. The number of carbonyl (C=O) groups is 4. The van der Waals surface area contributed by atoms with Gasteiger partial charge in [0.25, 0.3) is 17.6 Å². The number of methoxy groups -OCH3 is 1. The number of Topliss-reactive ketones (excluding diaryl/α,β-unsaturated/α-hetero) is 1. The molecule has 2 aromatic carbocycles. The molecule has 61 heavy (non-hydrogen) atoms. The first kappa shape index (κ1) is 48.5. The lowest BCUT2D eigenvalue weighted by Crippen LogP contribution is -2.46. The molecule has 0 spiro atoms. The van der Waals surface area contributed by atoms with E-state index in [1.54, 1.807) is 59.0 Å². The molecule has 0 radical (unpaired) electrons. The maximum Gasteiger partial charge on any atom is 0.312 e. The quantitative estimate of drug-likeness (QED) is 0.119. The van der Waals surface area contributed by atoms with E-state index in [0.29, 0.717) is 6.54 Å². The second kappa shape index (κ2) is 20.1. The summed E-state index contributed by atoms with van der Waals surface area (Å²) in [4.78, 5) is 54.1. The van der Waals surface area contributed by atoms with Crippen molar-refractivity contribution in [2.45, 2.75) is 105 Å². The van der Waals surface area contributed by atoms with E-state index in [4.69, 9.17) is 23.7 Å². The smallest absolute Gasteiger partial charge is 0.312 e. The Bertz CT molecular complexity index is 2060. The number of hydrogen-bond acceptors (Lipinski definition) is 14. The van der Waals surface area contributed by atoms with E-state index in [2.05, 4.69) is 5.32 Å². The predicted octanol–water partition coefficient (Wildman–Crippen LogP) is 5.53. The monoisotopic (exact) mass is 853 g/mol. The van der Waals surface area contributed by atoms with Crippen molar-refractivity contribution >= 4 is 40.0 Å². The number of ketones is 1. The molecule has 2 aromatic rings. The van der Waals surface area contributed by atoms with E-state index < -0.39 is 95.5 Å². The molecule has 3 heterocycles. The third-order valence-corrected chi connectivity index (χ3v) is 11.7. The summed E-state index contributed by atoms with van der Waals surface area (Å²) in [5.41, 5.74) is -0.0304. The van der Waals surface area contributed by atoms with Crippen LogP contribution in [0.25, 0.3) is 10.8 Å². The Labute approximate surface area is 357 Å². The van der Waals surface area contributed by atoms with Crippen molar-refractivity contribution in [1.29, 1.82) is 0 Å². The van der Waals surface area contributed by atoms with E-state index in [0.717, 1.165) is 12.8 Å². The first-order valence-electron chi connectivity index (χ1n) is 20.6. The summed E-state index contributed by atoms with van der Waals surface area (Å²) in [6.45, 7) is 14.5. The number of nitrogens with one attached hydrogen (secondary N) is 1. The van der Waals surface area contributed by atoms with Crippen LogP contribution in [0.5, 0.6) is 23.0 Å². The number of hydrogen-bond donors (Lipinski definition) is 5. The zero-order valence-corrected chi connectivity index (χ0v) is 37.3. The van der Waals surface area contributed by atoms with E-state index in [1.165, 1.54) is 64.3 Å². The Hall–Kier alpha value is -5.16. The van der Waals surface area contributed by atoms with E-state index in [-0.39, 0.29) is 44.7 Å². The molecule has 5 bridgehead atoms. The minimum Gasteiger partial charge on any atom is -0.507 e. The number of allylic oxidation sites excluding steroid dienone is 2. The Morgan fingerprint density at radius 2 is 1.64 bits per heavy atom. The Kier molecular flexibility index (Phi) is 16.0. The molecular formula is C45H63N3O13. The van der Waals surface area contributed by atoms with Crippen molar-refractivity contribution in [3.05, 3.63) is 53.3 Å². The summed E-state index contributed by atoms with van der Waals surface area (Å²) in [6.07, 6.45) is 5.14. The summed E-state index contributed by atoms with van der Waals surface area (Å²) in [7, 11) is 4.88. The van der Waals surface area contributed by atoms with Gasteiger partial charge in [-0.15, -0.1) is 0 Å². The molecule has 3 aliphatic heterocycles. The van der Waals surface area contributed by atoms with Crippen LogP contribution in [0.1, 0.15) is 84.2 Å². The molecule has 0 saturated carbocycles. The van der Waals surface area contributed by atoms with Gasteiger partial charge in [0, 0.05) is 87.9 Å². The molecule has 16 heteroatoms. The lowest BCUT2D eigenvalue weighted by Gasteiger charge is -2.38. The van der Waals surface area contributed by atoms with Gasteiger partial charge in [0.2, 0.25) is 0 Å². The van der Waals surface area contributed by atoms with Crippen LogP contribution in [-0.4, -0.2) is 119 Å². The highest BCUT2D eigenvalue weighted by Crippen LogP contribution is 2.54. The summed E-state index contributed by atoms with van der Waals surface area (Å²) in [6, 6.07) is 1.27. The van der Waals surface area contributed by atoms with Gasteiger partial charge in [-0.2, -0.15) is 0 Å². The lowest BCUT2D eigenvalue weighted by atomic mass is 9.78. The number of rotatable bonds is 9. The second-order valence-electron chi connectivity index (χ2n) is 16.4. The normalized spacial score (nSPS) is 29.3. The van der Waals surface area contributed by atoms with Gasteiger partial charge in [-0.25, -0.2) is 5.01 Å². The van der Waals surface area contributed by atoms with Crippen molar-refractivity contribution in [2.75, 3.05) is 39.7 Å². The van der Waals surface area contributed by atoms with Crippen LogP contribution in [-0.2, 0) is 28.6 Å². The molecule has 0 aromatic heterocycles. The number of fused-ring (bicyclic) bond motifs is 14. The summed E-state index contributed by atoms with van der Waals surface area (Å²) < 4.78 is 29.9. The highest BCUT2D eigenvalue weighted by Gasteiger charge is 2.50. The molecule has 16 nitrogen and oxygen atoms in total. The Balaban J connectivity index is 1.94. The first-order chi connectivity index (χ1) is 28.6. The van der Waals surface area contributed by atoms with Crippen molar-refractivity contribution in [3.63, 3.8) is 0 Å². The van der Waals surface area contributed by atoms with Gasteiger partial charge in [-0.05, 0) is 26.3 Å². The van der Waals surface area contributed by atoms with E-state index in [1.807, 2.05) is 6.92 Å². The molecule has 0 saturated heterocycles. The van der Waals surface area contributed by atoms with Gasteiger partial charge in [0.05, 0.1) is 41.2 Å². The van der Waals surface area contributed by atoms with Gasteiger partial charge < -0.3 is 49.4 Å². The maximum atomic E-state index is 14.6. The highest BCUT2D eigenvalue weighted by molar-refractivity contribution is 6.21. The number of ether oxygens (including phenoxy) is 5. The number of carbonyl (C=O) groups excluding carboxylic acids is 4. The third kappa shape index (κ3) is 10.3. The fourth-order valence-electron chi connectivity index (χ4n) is 7.82. The Morgan fingerprint density at radius 1 is 0.967 bits per heavy atom. The van der Waals surface area contributed by atoms with Gasteiger partial charge in [-0.1, -0.05) is 59.3 Å². The minimum absolute atomic E-state index is 0.0628. The maximum absolute atomic E-state index is 14.6. The van der Waals surface area contributed by atoms with Crippen molar-refractivity contribution in [2.24, 2.45) is 23.7 Å². The number of aliphatic hydroxyl groups is 2. The molecule has 5 rings (SSSR count). The number of hydrazine groups is 1. The van der Waals surface area contributed by atoms with Crippen LogP contribution >= 0.6 is 0 Å². The van der Waals surface area contributed by atoms with Gasteiger partial charge in [-0.3, -0.25) is 24.2 Å². The number of phenolic OH excluding ortho intramolecular Hbond substituents is 2. The molecule has 9 atom stereocenters. The summed E-state index contributed by atoms with van der Waals surface area (Å²) >= 11 is 0. The number of unbranched alkanes of at least 4 members (excludes halogenated alkanes) is 1. The average molecular weight is 854 g/mol. The van der Waals surface area contributed by atoms with Crippen LogP contribution in [0.15, 0.2) is 42.2 Å². The molecule has 0 aliphatic carbocycles. The van der Waals surface area contributed by atoms with E-state index >= 15 is 0 Å². The lowest BCUT2D eigenvalue weighted by molar-refractivity contribution is -0.160. The van der Waals surface area contributed by atoms with Crippen molar-refractivity contribution < 1.29 is 63.3 Å². The number of amides is 2. The van der Waals surface area contributed by atoms with Crippen LogP contribution in [0.2, 0.25) is 0 Å². The Morgan fingerprint density at radius 3 is 2.25 bits per heavy atom. The molecule has 0 fully saturated rings. The molecule has 2 amide bonds. The van der Waals surface area contributed by atoms with Crippen LogP contribution in [0.4, 0.5) is 5.69 Å². The minimum atomic E-state index is -2.03. The van der Waals surface area contributed by atoms with Crippen LogP contribution < -0.4 is 14.8 Å². The largest absolute Gasteiger partial charge is 0.507 e. The van der Waals surface area contributed by atoms with Crippen LogP contribution in [0, 0.1) is 30.6 Å². The third-order valence-electron chi connectivity index (χ3n) is 11.7. The van der Waals surface area contributed by atoms with E-state index in [9.17, 15) is 39.6 Å². The first-order valence-corrected chi connectivity index (χ1v) is 20.6.